The molecule has 10 heteroatoms. The van der Waals surface area contributed by atoms with E-state index in [4.69, 9.17) is 16.7 Å². The predicted molar refractivity (Wildman–Crippen MR) is 73.1 cm³/mol. The molecule has 116 valence electrons. The van der Waals surface area contributed by atoms with Crippen LogP contribution >= 0.6 is 11.6 Å². The minimum Gasteiger partial charge on any atom is -0.480 e. The average Bonchev–Trinajstić information content (AvgIpc) is 2.31. The maximum Gasteiger partial charge on any atom is 0.321 e. The number of anilines is 1. The average molecular weight is 339 g/mol. The van der Waals surface area contributed by atoms with E-state index < -0.39 is 38.7 Å². The molecule has 21 heavy (non-hydrogen) atoms. The largest absolute Gasteiger partial charge is 0.480 e. The number of aliphatic carboxylic acids is 1. The van der Waals surface area contributed by atoms with Crippen LogP contribution in [0.25, 0.3) is 0 Å². The van der Waals surface area contributed by atoms with E-state index in [0.29, 0.717) is 0 Å². The summed E-state index contributed by atoms with van der Waals surface area (Å²) in [5.74, 6) is -3.10. The van der Waals surface area contributed by atoms with Gasteiger partial charge in [-0.3, -0.25) is 9.59 Å². The third kappa shape index (κ3) is 4.38. The van der Waals surface area contributed by atoms with Gasteiger partial charge in [-0.25, -0.2) is 12.8 Å². The molecule has 1 aromatic rings. The minimum absolute atomic E-state index is 0.0908. The van der Waals surface area contributed by atoms with Gasteiger partial charge in [0.2, 0.25) is 15.9 Å². The van der Waals surface area contributed by atoms with Gasteiger partial charge >= 0.3 is 5.97 Å². The summed E-state index contributed by atoms with van der Waals surface area (Å²) in [5.41, 5.74) is -0.0908. The molecule has 7 nitrogen and oxygen atoms in total. The Kier molecular flexibility index (Phi) is 5.26. The van der Waals surface area contributed by atoms with Crippen molar-refractivity contribution in [3.63, 3.8) is 0 Å². The van der Waals surface area contributed by atoms with Gasteiger partial charge in [0, 0.05) is 13.0 Å². The van der Waals surface area contributed by atoms with Crippen LogP contribution in [0, 0.1) is 5.82 Å². The SMILES string of the molecule is CC(=O)Nc1cc(F)c(S(=O)(=O)NC(C)C(=O)O)cc1Cl. The van der Waals surface area contributed by atoms with Gasteiger partial charge in [0.15, 0.2) is 0 Å². The molecule has 1 aromatic carbocycles. The van der Waals surface area contributed by atoms with Crippen molar-refractivity contribution in [3.8, 4) is 0 Å². The fraction of sp³-hybridized carbons (Fsp3) is 0.273. The molecule has 0 spiro atoms. The van der Waals surface area contributed by atoms with Gasteiger partial charge in [-0.2, -0.15) is 4.72 Å². The summed E-state index contributed by atoms with van der Waals surface area (Å²) in [5, 5.41) is 10.7. The Bertz CT molecular complexity index is 692. The van der Waals surface area contributed by atoms with Gasteiger partial charge in [-0.05, 0) is 13.0 Å². The molecule has 3 N–H and O–H groups in total. The quantitative estimate of drug-likeness (QED) is 0.746. The first-order valence-electron chi connectivity index (χ1n) is 5.56. The van der Waals surface area contributed by atoms with Gasteiger partial charge in [0.1, 0.15) is 16.8 Å². The van der Waals surface area contributed by atoms with Gasteiger partial charge in [0.25, 0.3) is 0 Å². The molecule has 0 aliphatic rings. The second kappa shape index (κ2) is 6.37. The standard InChI is InChI=1S/C11H12ClFN2O5S/c1-5(11(17)18)15-21(19,20)10-3-7(12)9(4-8(10)13)14-6(2)16/h3-5,15H,1-2H3,(H,14,16)(H,17,18). The molecular weight excluding hydrogens is 327 g/mol. The molecule has 1 amide bonds. The third-order valence-electron chi connectivity index (χ3n) is 2.32. The molecular formula is C11H12ClFN2O5S. The Hall–Kier alpha value is -1.71. The number of carbonyl (C=O) groups is 2. The molecule has 0 aromatic heterocycles. The summed E-state index contributed by atoms with van der Waals surface area (Å²) in [6.07, 6.45) is 0. The Morgan fingerprint density at radius 2 is 1.95 bits per heavy atom. The number of amides is 1. The summed E-state index contributed by atoms with van der Waals surface area (Å²) in [4.78, 5) is 20.7. The smallest absolute Gasteiger partial charge is 0.321 e. The number of halogens is 2. The number of carbonyl (C=O) groups excluding carboxylic acids is 1. The summed E-state index contributed by atoms with van der Waals surface area (Å²) in [7, 11) is -4.41. The molecule has 0 bridgehead atoms. The van der Waals surface area contributed by atoms with E-state index in [2.05, 4.69) is 5.32 Å². The number of rotatable bonds is 5. The Morgan fingerprint density at radius 3 is 2.43 bits per heavy atom. The molecule has 0 heterocycles. The Morgan fingerprint density at radius 1 is 1.38 bits per heavy atom. The van der Waals surface area contributed by atoms with Crippen molar-refractivity contribution >= 4 is 39.2 Å². The molecule has 1 rings (SSSR count). The number of hydrogen-bond acceptors (Lipinski definition) is 4. The molecule has 1 atom stereocenters. The summed E-state index contributed by atoms with van der Waals surface area (Å²) in [6.45, 7) is 2.26. The summed E-state index contributed by atoms with van der Waals surface area (Å²) < 4.78 is 39.4. The highest BCUT2D eigenvalue weighted by atomic mass is 35.5. The lowest BCUT2D eigenvalue weighted by Crippen LogP contribution is -2.38. The van der Waals surface area contributed by atoms with E-state index in [-0.39, 0.29) is 10.7 Å². The fourth-order valence-electron chi connectivity index (χ4n) is 1.37. The first-order chi connectivity index (χ1) is 9.54. The summed E-state index contributed by atoms with van der Waals surface area (Å²) in [6, 6.07) is 0.0891. The van der Waals surface area contributed by atoms with E-state index in [1.165, 1.54) is 6.92 Å². The molecule has 0 fully saturated rings. The van der Waals surface area contributed by atoms with E-state index in [9.17, 15) is 22.4 Å². The van der Waals surface area contributed by atoms with Crippen LogP contribution in [0.4, 0.5) is 10.1 Å². The lowest BCUT2D eigenvalue weighted by atomic mass is 10.3. The van der Waals surface area contributed by atoms with Crippen LogP contribution < -0.4 is 10.0 Å². The second-order valence-electron chi connectivity index (χ2n) is 4.12. The van der Waals surface area contributed by atoms with Crippen molar-refractivity contribution in [3.05, 3.63) is 23.0 Å². The number of nitrogens with one attached hydrogen (secondary N) is 2. The van der Waals surface area contributed by atoms with Crippen LogP contribution in [0.15, 0.2) is 17.0 Å². The minimum atomic E-state index is -4.41. The van der Waals surface area contributed by atoms with Crippen LogP contribution in [0.3, 0.4) is 0 Å². The maximum atomic E-state index is 13.9. The van der Waals surface area contributed by atoms with E-state index in [1.54, 1.807) is 4.72 Å². The van der Waals surface area contributed by atoms with Crippen LogP contribution in [0.5, 0.6) is 0 Å². The van der Waals surface area contributed by atoms with Crippen LogP contribution in [0.2, 0.25) is 5.02 Å². The van der Waals surface area contributed by atoms with E-state index >= 15 is 0 Å². The second-order valence-corrected chi connectivity index (χ2v) is 6.21. The highest BCUT2D eigenvalue weighted by Crippen LogP contribution is 2.28. The number of carboxylic acid groups (broad SMARTS) is 1. The van der Waals surface area contributed by atoms with Gasteiger partial charge in [0.05, 0.1) is 10.7 Å². The zero-order valence-corrected chi connectivity index (χ0v) is 12.5. The Balaban J connectivity index is 3.22. The van der Waals surface area contributed by atoms with Crippen molar-refractivity contribution in [2.45, 2.75) is 24.8 Å². The highest BCUT2D eigenvalue weighted by molar-refractivity contribution is 7.89. The van der Waals surface area contributed by atoms with Gasteiger partial charge in [-0.15, -0.1) is 0 Å². The number of carboxylic acids is 1. The normalized spacial score (nSPS) is 12.8. The lowest BCUT2D eigenvalue weighted by Gasteiger charge is -2.13. The van der Waals surface area contributed by atoms with E-state index in [1.807, 2.05) is 0 Å². The van der Waals surface area contributed by atoms with Gasteiger partial charge in [-0.1, -0.05) is 11.6 Å². The highest BCUT2D eigenvalue weighted by Gasteiger charge is 2.25. The molecule has 1 unspecified atom stereocenters. The van der Waals surface area contributed by atoms with Crippen molar-refractivity contribution in [1.82, 2.24) is 4.72 Å². The fourth-order valence-corrected chi connectivity index (χ4v) is 2.92. The lowest BCUT2D eigenvalue weighted by molar-refractivity contribution is -0.138. The number of hydrogen-bond donors (Lipinski definition) is 3. The molecule has 0 aliphatic heterocycles. The van der Waals surface area contributed by atoms with E-state index in [0.717, 1.165) is 19.1 Å². The van der Waals surface area contributed by atoms with Crippen molar-refractivity contribution in [2.75, 3.05) is 5.32 Å². The molecule has 0 radical (unpaired) electrons. The van der Waals surface area contributed by atoms with Gasteiger partial charge < -0.3 is 10.4 Å². The number of sulfonamides is 1. The molecule has 0 aliphatic carbocycles. The Labute approximate surface area is 125 Å². The topological polar surface area (TPSA) is 113 Å². The number of benzene rings is 1. The van der Waals surface area contributed by atoms with Crippen LogP contribution in [-0.4, -0.2) is 31.4 Å². The van der Waals surface area contributed by atoms with Crippen LogP contribution in [0.1, 0.15) is 13.8 Å². The summed E-state index contributed by atoms with van der Waals surface area (Å²) >= 11 is 5.76. The first kappa shape index (κ1) is 17.3. The monoisotopic (exact) mass is 338 g/mol. The third-order valence-corrected chi connectivity index (χ3v) is 4.19. The van der Waals surface area contributed by atoms with Crippen molar-refractivity contribution in [1.29, 1.82) is 0 Å². The van der Waals surface area contributed by atoms with Crippen molar-refractivity contribution in [2.24, 2.45) is 0 Å². The zero-order valence-electron chi connectivity index (χ0n) is 11.0. The van der Waals surface area contributed by atoms with Crippen molar-refractivity contribution < 1.29 is 27.5 Å². The maximum absolute atomic E-state index is 13.9. The first-order valence-corrected chi connectivity index (χ1v) is 7.42. The zero-order chi connectivity index (χ0) is 16.4. The molecule has 0 saturated heterocycles. The van der Waals surface area contributed by atoms with Crippen LogP contribution in [-0.2, 0) is 19.6 Å². The molecule has 0 saturated carbocycles. The predicted octanol–water partition coefficient (Wildman–Crippen LogP) is 1.19.